The van der Waals surface area contributed by atoms with E-state index >= 15 is 0 Å². The highest BCUT2D eigenvalue weighted by Gasteiger charge is 2.29. The van der Waals surface area contributed by atoms with Crippen LogP contribution in [0.15, 0.2) is 0 Å². The van der Waals surface area contributed by atoms with E-state index in [9.17, 15) is 4.79 Å². The Bertz CT molecular complexity index is 298. The first-order chi connectivity index (χ1) is 8.58. The summed E-state index contributed by atoms with van der Waals surface area (Å²) in [6.07, 6.45) is 4.73. The lowest BCUT2D eigenvalue weighted by Crippen LogP contribution is -2.46. The van der Waals surface area contributed by atoms with Crippen molar-refractivity contribution in [3.05, 3.63) is 0 Å². The van der Waals surface area contributed by atoms with Crippen LogP contribution in [0.2, 0.25) is 0 Å². The van der Waals surface area contributed by atoms with E-state index in [-0.39, 0.29) is 18.4 Å². The lowest BCUT2D eigenvalue weighted by Gasteiger charge is -2.34. The minimum atomic E-state index is 0. The third kappa shape index (κ3) is 4.33. The molecule has 2 aliphatic rings. The molecule has 2 aliphatic heterocycles. The van der Waals surface area contributed by atoms with Crippen molar-refractivity contribution in [2.24, 2.45) is 11.7 Å². The molecular formula is C14H28ClN3O. The van der Waals surface area contributed by atoms with Gasteiger partial charge >= 0.3 is 0 Å². The highest BCUT2D eigenvalue weighted by atomic mass is 35.5. The number of nitrogens with two attached hydrogens (primary N) is 1. The maximum absolute atomic E-state index is 12.3. The van der Waals surface area contributed by atoms with Crippen molar-refractivity contribution < 1.29 is 4.79 Å². The van der Waals surface area contributed by atoms with Crippen molar-refractivity contribution in [3.8, 4) is 0 Å². The average molecular weight is 290 g/mol. The van der Waals surface area contributed by atoms with Crippen LogP contribution in [-0.4, -0.2) is 54.0 Å². The quantitative estimate of drug-likeness (QED) is 0.856. The van der Waals surface area contributed by atoms with Crippen molar-refractivity contribution >= 4 is 18.3 Å². The predicted molar refractivity (Wildman–Crippen MR) is 80.5 cm³/mol. The molecule has 4 nitrogen and oxygen atoms in total. The summed E-state index contributed by atoms with van der Waals surface area (Å²) < 4.78 is 0. The molecule has 3 atom stereocenters. The average Bonchev–Trinajstić information content (AvgIpc) is 2.78. The largest absolute Gasteiger partial charge is 0.339 e. The molecule has 19 heavy (non-hydrogen) atoms. The number of amides is 1. The number of halogens is 1. The van der Waals surface area contributed by atoms with Crippen molar-refractivity contribution in [1.29, 1.82) is 0 Å². The number of carbonyl (C=O) groups excluding carboxylic acids is 1. The number of rotatable bonds is 3. The smallest absolute Gasteiger partial charge is 0.236 e. The van der Waals surface area contributed by atoms with Gasteiger partial charge in [-0.3, -0.25) is 9.69 Å². The maximum Gasteiger partial charge on any atom is 0.236 e. The highest BCUT2D eigenvalue weighted by molar-refractivity contribution is 5.85. The van der Waals surface area contributed by atoms with Crippen LogP contribution in [0, 0.1) is 5.92 Å². The van der Waals surface area contributed by atoms with E-state index < -0.39 is 0 Å². The van der Waals surface area contributed by atoms with Gasteiger partial charge in [0.05, 0.1) is 6.54 Å². The summed E-state index contributed by atoms with van der Waals surface area (Å²) in [5.41, 5.74) is 5.93. The molecule has 5 heteroatoms. The fraction of sp³-hybridized carbons (Fsp3) is 0.929. The summed E-state index contributed by atoms with van der Waals surface area (Å²) >= 11 is 0. The topological polar surface area (TPSA) is 49.6 Å². The Kier molecular flexibility index (Phi) is 6.57. The summed E-state index contributed by atoms with van der Waals surface area (Å²) in [5.74, 6) is 0.879. The van der Waals surface area contributed by atoms with Crippen LogP contribution in [0.1, 0.15) is 39.5 Å². The van der Waals surface area contributed by atoms with Crippen LogP contribution < -0.4 is 5.73 Å². The zero-order valence-electron chi connectivity index (χ0n) is 12.2. The molecule has 2 saturated heterocycles. The molecule has 0 radical (unpaired) electrons. The Labute approximate surface area is 123 Å². The molecule has 112 valence electrons. The Morgan fingerprint density at radius 3 is 2.63 bits per heavy atom. The van der Waals surface area contributed by atoms with Crippen molar-refractivity contribution in [3.63, 3.8) is 0 Å². The summed E-state index contributed by atoms with van der Waals surface area (Å²) in [4.78, 5) is 16.6. The number of nitrogens with zero attached hydrogens (tertiary/aromatic N) is 2. The van der Waals surface area contributed by atoms with Gasteiger partial charge in [0.25, 0.3) is 0 Å². The normalized spacial score (nSPS) is 29.9. The molecule has 0 aromatic carbocycles. The van der Waals surface area contributed by atoms with Crippen molar-refractivity contribution in [2.45, 2.75) is 51.6 Å². The van der Waals surface area contributed by atoms with E-state index in [4.69, 9.17) is 5.73 Å². The van der Waals surface area contributed by atoms with E-state index in [0.717, 1.165) is 32.5 Å². The second-order valence-electron chi connectivity index (χ2n) is 6.07. The van der Waals surface area contributed by atoms with E-state index in [0.29, 0.717) is 24.4 Å². The van der Waals surface area contributed by atoms with Gasteiger partial charge in [-0.05, 0) is 52.0 Å². The van der Waals surface area contributed by atoms with E-state index in [1.54, 1.807) is 0 Å². The molecule has 2 rings (SSSR count). The fourth-order valence-electron chi connectivity index (χ4n) is 3.19. The van der Waals surface area contributed by atoms with Crippen LogP contribution in [0.4, 0.5) is 0 Å². The zero-order chi connectivity index (χ0) is 13.1. The van der Waals surface area contributed by atoms with Crippen LogP contribution in [-0.2, 0) is 4.79 Å². The second-order valence-corrected chi connectivity index (χ2v) is 6.07. The predicted octanol–water partition coefficient (Wildman–Crippen LogP) is 1.48. The molecule has 0 aromatic heterocycles. The monoisotopic (exact) mass is 289 g/mol. The molecule has 2 fully saturated rings. The third-order valence-corrected chi connectivity index (χ3v) is 4.53. The van der Waals surface area contributed by atoms with Gasteiger partial charge in [-0.2, -0.15) is 0 Å². The van der Waals surface area contributed by atoms with E-state index in [1.165, 1.54) is 12.8 Å². The van der Waals surface area contributed by atoms with Crippen LogP contribution >= 0.6 is 12.4 Å². The van der Waals surface area contributed by atoms with Gasteiger partial charge in [-0.1, -0.05) is 0 Å². The molecule has 0 spiro atoms. The molecule has 0 bridgehead atoms. The highest BCUT2D eigenvalue weighted by Crippen LogP contribution is 2.20. The molecule has 1 amide bonds. The van der Waals surface area contributed by atoms with Crippen molar-refractivity contribution in [1.82, 2.24) is 9.80 Å². The molecule has 2 N–H and O–H groups in total. The first kappa shape index (κ1) is 16.7. The van der Waals surface area contributed by atoms with Gasteiger partial charge in [0, 0.05) is 25.2 Å². The molecule has 2 heterocycles. The van der Waals surface area contributed by atoms with Crippen LogP contribution in [0.25, 0.3) is 0 Å². The van der Waals surface area contributed by atoms with Crippen LogP contribution in [0.3, 0.4) is 0 Å². The first-order valence-electron chi connectivity index (χ1n) is 7.35. The summed E-state index contributed by atoms with van der Waals surface area (Å²) in [7, 11) is 0. The lowest BCUT2D eigenvalue weighted by molar-refractivity contribution is -0.135. The van der Waals surface area contributed by atoms with Crippen LogP contribution in [0.5, 0.6) is 0 Å². The summed E-state index contributed by atoms with van der Waals surface area (Å²) in [5, 5.41) is 0. The van der Waals surface area contributed by atoms with Gasteiger partial charge in [-0.25, -0.2) is 0 Å². The Morgan fingerprint density at radius 1 is 1.32 bits per heavy atom. The van der Waals surface area contributed by atoms with Crippen molar-refractivity contribution in [2.75, 3.05) is 26.2 Å². The Morgan fingerprint density at radius 2 is 2.05 bits per heavy atom. The van der Waals surface area contributed by atoms with Gasteiger partial charge in [0.1, 0.15) is 0 Å². The summed E-state index contributed by atoms with van der Waals surface area (Å²) in [6, 6.07) is 0.678. The fourth-order valence-corrected chi connectivity index (χ4v) is 3.19. The molecule has 0 saturated carbocycles. The van der Waals surface area contributed by atoms with Gasteiger partial charge < -0.3 is 10.6 Å². The minimum absolute atomic E-state index is 0. The van der Waals surface area contributed by atoms with E-state index in [2.05, 4.69) is 23.6 Å². The SMILES string of the molecule is CC(N)C1CCN(CC(=O)N2CCCCC2C)C1.Cl. The van der Waals surface area contributed by atoms with Gasteiger partial charge in [0.15, 0.2) is 0 Å². The minimum Gasteiger partial charge on any atom is -0.339 e. The number of hydrogen-bond donors (Lipinski definition) is 1. The standard InChI is InChI=1S/C14H27N3O.ClH/c1-11-5-3-4-7-17(11)14(18)10-16-8-6-13(9-16)12(2)15;/h11-13H,3-10,15H2,1-2H3;1H. The number of likely N-dealkylation sites (tertiary alicyclic amines) is 2. The van der Waals surface area contributed by atoms with Gasteiger partial charge in [-0.15, -0.1) is 12.4 Å². The lowest BCUT2D eigenvalue weighted by atomic mass is 10.0. The molecule has 0 aliphatic carbocycles. The maximum atomic E-state index is 12.3. The first-order valence-corrected chi connectivity index (χ1v) is 7.35. The number of piperidine rings is 1. The molecule has 3 unspecified atom stereocenters. The Hall–Kier alpha value is -0.320. The second kappa shape index (κ2) is 7.46. The number of hydrogen-bond acceptors (Lipinski definition) is 3. The Balaban J connectivity index is 0.00000180. The molecular weight excluding hydrogens is 262 g/mol. The third-order valence-electron chi connectivity index (χ3n) is 4.53. The molecule has 0 aromatic rings. The number of carbonyl (C=O) groups is 1. The summed E-state index contributed by atoms with van der Waals surface area (Å²) in [6.45, 7) is 7.80. The zero-order valence-corrected chi connectivity index (χ0v) is 13.0. The van der Waals surface area contributed by atoms with E-state index in [1.807, 2.05) is 0 Å². The van der Waals surface area contributed by atoms with Gasteiger partial charge in [0.2, 0.25) is 5.91 Å².